The van der Waals surface area contributed by atoms with Crippen molar-refractivity contribution in [1.82, 2.24) is 0 Å². The summed E-state index contributed by atoms with van der Waals surface area (Å²) in [6, 6.07) is -4.39. The van der Waals surface area contributed by atoms with Crippen LogP contribution in [0.25, 0.3) is 0 Å². The van der Waals surface area contributed by atoms with Crippen LogP contribution in [-0.2, 0) is 33.2 Å². The SMILES string of the molecule is NCC1O[C@H](OC2C(O)[C@H](OC3C(O)[C@H](N)CC(N)[C@H]3O[C@H]3OC(CN)[C@@H](O)C(O)C3N)O[C@@H]2CS[C@@H]2O[C@H](CO)C(O)C2O)C(N)C(O)[C@@H]1O. The van der Waals surface area contributed by atoms with Crippen LogP contribution in [0.2, 0.25) is 0 Å². The molecule has 23 heteroatoms. The summed E-state index contributed by atoms with van der Waals surface area (Å²) in [5, 5.41) is 94.6. The van der Waals surface area contributed by atoms with E-state index < -0.39 is 147 Å². The highest BCUT2D eigenvalue weighted by Crippen LogP contribution is 2.37. The number of aliphatic hydroxyl groups excluding tert-OH is 9. The highest BCUT2D eigenvalue weighted by atomic mass is 32.2. The van der Waals surface area contributed by atoms with E-state index in [4.69, 9.17) is 67.6 Å². The Morgan fingerprint density at radius 3 is 1.51 bits per heavy atom. The molecule has 0 spiro atoms. The topological polar surface area (TPSA) is 403 Å². The van der Waals surface area contributed by atoms with E-state index in [-0.39, 0.29) is 25.3 Å². The van der Waals surface area contributed by atoms with Gasteiger partial charge in [-0.3, -0.25) is 0 Å². The number of thioether (sulfide) groups is 1. The first kappa shape index (κ1) is 41.6. The van der Waals surface area contributed by atoms with Gasteiger partial charge in [0, 0.05) is 30.9 Å². The summed E-state index contributed by atoms with van der Waals surface area (Å²) >= 11 is 0.968. The lowest BCUT2D eigenvalue weighted by molar-refractivity contribution is -0.306. The number of ether oxygens (including phenoxy) is 7. The van der Waals surface area contributed by atoms with Gasteiger partial charge in [0.05, 0.1) is 30.9 Å². The van der Waals surface area contributed by atoms with Crippen molar-refractivity contribution in [3.05, 3.63) is 0 Å². The minimum Gasteiger partial charge on any atom is -0.394 e. The van der Waals surface area contributed by atoms with Gasteiger partial charge in [-0.05, 0) is 6.42 Å². The molecule has 5 aliphatic rings. The average Bonchev–Trinajstić information content (AvgIpc) is 3.56. The normalized spacial score (nSPS) is 53.8. The molecule has 51 heavy (non-hydrogen) atoms. The highest BCUT2D eigenvalue weighted by molar-refractivity contribution is 7.99. The van der Waals surface area contributed by atoms with Crippen LogP contribution in [0.4, 0.5) is 0 Å². The zero-order valence-corrected chi connectivity index (χ0v) is 28.4. The zero-order chi connectivity index (χ0) is 37.5. The lowest BCUT2D eigenvalue weighted by atomic mass is 9.84. The first-order valence-electron chi connectivity index (χ1n) is 16.8. The van der Waals surface area contributed by atoms with E-state index in [1.54, 1.807) is 0 Å². The minimum absolute atomic E-state index is 0.0516. The van der Waals surface area contributed by atoms with Gasteiger partial charge < -0.3 is 114 Å². The molecule has 5 rings (SSSR count). The van der Waals surface area contributed by atoms with Crippen molar-refractivity contribution in [2.75, 3.05) is 25.4 Å². The van der Waals surface area contributed by atoms with Gasteiger partial charge in [-0.25, -0.2) is 0 Å². The molecule has 4 heterocycles. The Hall–Kier alpha value is -0.530. The van der Waals surface area contributed by atoms with Crippen molar-refractivity contribution in [1.29, 1.82) is 0 Å². The molecule has 0 aromatic rings. The molecule has 1 aliphatic carbocycles. The quantitative estimate of drug-likeness (QED) is 0.0877. The third kappa shape index (κ3) is 8.51. The molecule has 0 radical (unpaired) electrons. The molecule has 13 unspecified atom stereocenters. The lowest BCUT2D eigenvalue weighted by Crippen LogP contribution is -2.68. The number of aliphatic hydroxyl groups is 9. The standard InChI is InChI=1S/C28H54N6O16S/c29-2-8-15(37)18(40)12(33)25(44-8)48-22-7(32)1-6(31)14(36)24(22)50-27-21(43)23(49-26-13(34)19(41)16(38)9(3-30)45-26)11(46-27)5-51-28-20(42)17(39)10(4-35)47-28/h6-28,35-43H,1-5,29-34H2/t6-,7?,8?,9?,10-,11-,12?,13?,14?,15-,16-,17?,18?,19?,20?,21?,22-,23?,24?,25-,26-,27+,28+/m1/s1. The van der Waals surface area contributed by atoms with E-state index in [0.29, 0.717) is 0 Å². The first-order valence-corrected chi connectivity index (χ1v) is 17.9. The fourth-order valence-corrected chi connectivity index (χ4v) is 8.15. The second-order valence-corrected chi connectivity index (χ2v) is 14.7. The Bertz CT molecular complexity index is 1110. The average molecular weight is 763 g/mol. The summed E-state index contributed by atoms with van der Waals surface area (Å²) < 4.78 is 41.4. The Kier molecular flexibility index (Phi) is 14.3. The number of nitrogens with two attached hydrogens (primary N) is 6. The molecule has 0 aromatic carbocycles. The predicted molar refractivity (Wildman–Crippen MR) is 171 cm³/mol. The highest BCUT2D eigenvalue weighted by Gasteiger charge is 2.55. The molecule has 21 N–H and O–H groups in total. The molecule has 5 fully saturated rings. The van der Waals surface area contributed by atoms with Gasteiger partial charge in [0.1, 0.15) is 84.8 Å². The van der Waals surface area contributed by atoms with Crippen LogP contribution >= 0.6 is 11.8 Å². The zero-order valence-electron chi connectivity index (χ0n) is 27.6. The third-order valence-corrected chi connectivity index (χ3v) is 11.4. The van der Waals surface area contributed by atoms with E-state index in [0.717, 1.165) is 11.8 Å². The van der Waals surface area contributed by atoms with Gasteiger partial charge in [-0.15, -0.1) is 11.8 Å². The summed E-state index contributed by atoms with van der Waals surface area (Å²) in [5.41, 5.74) is 35.2. The molecule has 23 atom stereocenters. The molecule has 0 bridgehead atoms. The Labute approximate surface area is 297 Å². The monoisotopic (exact) mass is 762 g/mol. The summed E-state index contributed by atoms with van der Waals surface area (Å²) in [6.07, 6.45) is -24.2. The molecule has 298 valence electrons. The fraction of sp³-hybridized carbons (Fsp3) is 1.00. The van der Waals surface area contributed by atoms with Crippen molar-refractivity contribution >= 4 is 11.8 Å². The van der Waals surface area contributed by atoms with Crippen molar-refractivity contribution in [2.45, 2.75) is 146 Å². The smallest absolute Gasteiger partial charge is 0.187 e. The number of hydrogen-bond acceptors (Lipinski definition) is 23. The first-order chi connectivity index (χ1) is 24.1. The van der Waals surface area contributed by atoms with Crippen LogP contribution in [0.15, 0.2) is 0 Å². The largest absolute Gasteiger partial charge is 0.394 e. The Balaban J connectivity index is 1.36. The lowest BCUT2D eigenvalue weighted by Gasteiger charge is -2.47. The van der Waals surface area contributed by atoms with E-state index >= 15 is 0 Å². The van der Waals surface area contributed by atoms with Crippen LogP contribution in [0.1, 0.15) is 6.42 Å². The molecule has 0 aromatic heterocycles. The molecule has 22 nitrogen and oxygen atoms in total. The predicted octanol–water partition coefficient (Wildman–Crippen LogP) is -9.72. The van der Waals surface area contributed by atoms with Gasteiger partial charge >= 0.3 is 0 Å². The van der Waals surface area contributed by atoms with Crippen molar-refractivity contribution < 1.29 is 79.1 Å². The molecule has 1 saturated carbocycles. The van der Waals surface area contributed by atoms with E-state index in [2.05, 4.69) is 0 Å². The van der Waals surface area contributed by atoms with Crippen LogP contribution in [-0.4, -0.2) is 211 Å². The van der Waals surface area contributed by atoms with E-state index in [1.165, 1.54) is 0 Å². The summed E-state index contributed by atoms with van der Waals surface area (Å²) in [4.78, 5) is 0. The fourth-order valence-electron chi connectivity index (χ4n) is 6.92. The van der Waals surface area contributed by atoms with Crippen LogP contribution in [0.3, 0.4) is 0 Å². The molecule has 4 saturated heterocycles. The molecular formula is C28H54N6O16S. The maximum atomic E-state index is 11.6. The van der Waals surface area contributed by atoms with Crippen LogP contribution in [0, 0.1) is 0 Å². The Morgan fingerprint density at radius 1 is 0.510 bits per heavy atom. The van der Waals surface area contributed by atoms with Gasteiger partial charge in [-0.2, -0.15) is 0 Å². The maximum absolute atomic E-state index is 11.6. The van der Waals surface area contributed by atoms with Crippen molar-refractivity contribution in [3.63, 3.8) is 0 Å². The van der Waals surface area contributed by atoms with Crippen LogP contribution < -0.4 is 34.4 Å². The second-order valence-electron chi connectivity index (χ2n) is 13.6. The van der Waals surface area contributed by atoms with E-state index in [9.17, 15) is 46.0 Å². The second kappa shape index (κ2) is 17.5. The van der Waals surface area contributed by atoms with Gasteiger partial charge in [-0.1, -0.05) is 0 Å². The van der Waals surface area contributed by atoms with Crippen molar-refractivity contribution in [3.8, 4) is 0 Å². The third-order valence-electron chi connectivity index (χ3n) is 10.1. The molecule has 4 aliphatic heterocycles. The summed E-state index contributed by atoms with van der Waals surface area (Å²) in [7, 11) is 0. The molecule has 0 amide bonds. The van der Waals surface area contributed by atoms with E-state index in [1.807, 2.05) is 0 Å². The van der Waals surface area contributed by atoms with Gasteiger partial charge in [0.2, 0.25) is 0 Å². The van der Waals surface area contributed by atoms with Gasteiger partial charge in [0.15, 0.2) is 18.9 Å². The number of rotatable bonds is 12. The van der Waals surface area contributed by atoms with Crippen molar-refractivity contribution in [2.24, 2.45) is 34.4 Å². The maximum Gasteiger partial charge on any atom is 0.187 e. The van der Waals surface area contributed by atoms with Crippen LogP contribution in [0.5, 0.6) is 0 Å². The number of hydrogen-bond donors (Lipinski definition) is 15. The molecular weight excluding hydrogens is 708 g/mol. The minimum atomic E-state index is -1.66. The summed E-state index contributed by atoms with van der Waals surface area (Å²) in [5.74, 6) is -0.0841. The summed E-state index contributed by atoms with van der Waals surface area (Å²) in [6.45, 7) is -0.942. The Morgan fingerprint density at radius 2 is 1.00 bits per heavy atom. The van der Waals surface area contributed by atoms with Gasteiger partial charge in [0.25, 0.3) is 0 Å².